The molecule has 2 N–H and O–H groups in total. The van der Waals surface area contributed by atoms with Crippen LogP contribution in [-0.4, -0.2) is 33.2 Å². The molecule has 24 heavy (non-hydrogen) atoms. The smallest absolute Gasteiger partial charge is 0.326 e. The highest BCUT2D eigenvalue weighted by Crippen LogP contribution is 2.19. The maximum absolute atomic E-state index is 12.4. The molecule has 0 saturated carbocycles. The minimum atomic E-state index is -1.06. The molecule has 0 aliphatic heterocycles. The third kappa shape index (κ3) is 4.55. The summed E-state index contributed by atoms with van der Waals surface area (Å²) in [6.07, 6.45) is 0.999. The Morgan fingerprint density at radius 2 is 2.12 bits per heavy atom. The van der Waals surface area contributed by atoms with Gasteiger partial charge in [0.15, 0.2) is 6.61 Å². The molecular formula is C16H19N3O5. The Morgan fingerprint density at radius 1 is 1.38 bits per heavy atom. The Kier molecular flexibility index (Phi) is 5.89. The predicted octanol–water partition coefficient (Wildman–Crippen LogP) is 1.94. The fourth-order valence-electron chi connectivity index (χ4n) is 2.10. The second kappa shape index (κ2) is 8.09. The molecule has 1 aromatic carbocycles. The van der Waals surface area contributed by atoms with Crippen molar-refractivity contribution in [2.24, 2.45) is 0 Å². The molecule has 1 unspecified atom stereocenters. The third-order valence-corrected chi connectivity index (χ3v) is 3.24. The van der Waals surface area contributed by atoms with Crippen LogP contribution < -0.4 is 10.1 Å². The number of para-hydroxylation sites is 1. The number of carbonyl (C=O) groups is 2. The van der Waals surface area contributed by atoms with Crippen molar-refractivity contribution in [3.05, 3.63) is 41.5 Å². The molecule has 0 bridgehead atoms. The molecule has 0 radical (unpaired) electrons. The van der Waals surface area contributed by atoms with E-state index in [1.807, 2.05) is 6.92 Å². The lowest BCUT2D eigenvalue weighted by Gasteiger charge is -2.15. The van der Waals surface area contributed by atoms with Crippen molar-refractivity contribution in [3.63, 3.8) is 0 Å². The topological polar surface area (TPSA) is 115 Å². The number of nitrogens with zero attached hydrogens (tertiary/aromatic N) is 2. The van der Waals surface area contributed by atoms with Gasteiger partial charge in [0.25, 0.3) is 5.91 Å². The number of carboxylic acid groups (broad SMARTS) is 1. The van der Waals surface area contributed by atoms with E-state index in [4.69, 9.17) is 14.4 Å². The van der Waals surface area contributed by atoms with Crippen LogP contribution in [0.1, 0.15) is 41.8 Å². The van der Waals surface area contributed by atoms with Gasteiger partial charge in [0.05, 0.1) is 5.56 Å². The van der Waals surface area contributed by atoms with Gasteiger partial charge in [-0.1, -0.05) is 30.6 Å². The van der Waals surface area contributed by atoms with Crippen LogP contribution in [0, 0.1) is 6.92 Å². The van der Waals surface area contributed by atoms with Gasteiger partial charge >= 0.3 is 5.97 Å². The standard InChI is InChI=1S/C16H19N3O5/c1-3-6-12(16(21)22)18-15(20)11-7-4-5-8-13(11)23-9-14-17-10(2)24-19-14/h4-5,7-8,12H,3,6,9H2,1-2H3,(H,18,20)(H,21,22). The molecule has 2 rings (SSSR count). The number of rotatable bonds is 8. The van der Waals surface area contributed by atoms with Crippen LogP contribution in [-0.2, 0) is 11.4 Å². The lowest BCUT2D eigenvalue weighted by atomic mass is 10.1. The van der Waals surface area contributed by atoms with Crippen molar-refractivity contribution < 1.29 is 24.0 Å². The monoisotopic (exact) mass is 333 g/mol. The number of aryl methyl sites for hydroxylation is 1. The number of carboxylic acids is 1. The van der Waals surface area contributed by atoms with E-state index in [9.17, 15) is 9.59 Å². The van der Waals surface area contributed by atoms with Gasteiger partial charge in [-0.15, -0.1) is 0 Å². The zero-order valence-corrected chi connectivity index (χ0v) is 13.5. The summed E-state index contributed by atoms with van der Waals surface area (Å²) in [4.78, 5) is 27.6. The van der Waals surface area contributed by atoms with Gasteiger partial charge in [0.1, 0.15) is 11.8 Å². The molecule has 2 aromatic rings. The Labute approximate surface area is 138 Å². The van der Waals surface area contributed by atoms with Crippen LogP contribution in [0.2, 0.25) is 0 Å². The van der Waals surface area contributed by atoms with Crippen molar-refractivity contribution in [3.8, 4) is 5.75 Å². The molecule has 0 saturated heterocycles. The molecule has 128 valence electrons. The highest BCUT2D eigenvalue weighted by molar-refractivity contribution is 5.98. The minimum absolute atomic E-state index is 0.0406. The van der Waals surface area contributed by atoms with Crippen LogP contribution in [0.3, 0.4) is 0 Å². The van der Waals surface area contributed by atoms with Crippen LogP contribution >= 0.6 is 0 Å². The number of aromatic nitrogens is 2. The van der Waals surface area contributed by atoms with Crippen LogP contribution in [0.15, 0.2) is 28.8 Å². The fourth-order valence-corrected chi connectivity index (χ4v) is 2.10. The van der Waals surface area contributed by atoms with E-state index in [-0.39, 0.29) is 12.2 Å². The second-order valence-corrected chi connectivity index (χ2v) is 5.17. The molecule has 1 aromatic heterocycles. The largest absolute Gasteiger partial charge is 0.485 e. The van der Waals surface area contributed by atoms with E-state index in [0.717, 1.165) is 0 Å². The molecule has 1 amide bonds. The van der Waals surface area contributed by atoms with Gasteiger partial charge in [-0.3, -0.25) is 4.79 Å². The molecule has 0 aliphatic carbocycles. The number of amides is 1. The van der Waals surface area contributed by atoms with Gasteiger partial charge in [0.2, 0.25) is 11.7 Å². The summed E-state index contributed by atoms with van der Waals surface area (Å²) < 4.78 is 10.4. The first kappa shape index (κ1) is 17.5. The summed E-state index contributed by atoms with van der Waals surface area (Å²) >= 11 is 0. The summed E-state index contributed by atoms with van der Waals surface area (Å²) in [5.41, 5.74) is 0.250. The van der Waals surface area contributed by atoms with Crippen molar-refractivity contribution >= 4 is 11.9 Å². The van der Waals surface area contributed by atoms with Crippen molar-refractivity contribution in [1.82, 2.24) is 15.5 Å². The Morgan fingerprint density at radius 3 is 2.75 bits per heavy atom. The number of carbonyl (C=O) groups excluding carboxylic acids is 1. The fraction of sp³-hybridized carbons (Fsp3) is 0.375. The molecule has 0 fully saturated rings. The molecule has 1 atom stereocenters. The highest BCUT2D eigenvalue weighted by atomic mass is 16.5. The van der Waals surface area contributed by atoms with E-state index in [2.05, 4.69) is 15.5 Å². The summed E-state index contributed by atoms with van der Waals surface area (Å²) in [7, 11) is 0. The van der Waals surface area contributed by atoms with Gasteiger partial charge in [0, 0.05) is 6.92 Å². The van der Waals surface area contributed by atoms with Crippen molar-refractivity contribution in [2.75, 3.05) is 0 Å². The Bertz CT molecular complexity index is 713. The van der Waals surface area contributed by atoms with E-state index in [1.165, 1.54) is 0 Å². The summed E-state index contributed by atoms with van der Waals surface area (Å²) in [5, 5.41) is 15.4. The molecule has 0 spiro atoms. The predicted molar refractivity (Wildman–Crippen MR) is 83.6 cm³/mol. The zero-order valence-electron chi connectivity index (χ0n) is 13.5. The highest BCUT2D eigenvalue weighted by Gasteiger charge is 2.21. The van der Waals surface area contributed by atoms with E-state index in [1.54, 1.807) is 31.2 Å². The number of aliphatic carboxylic acids is 1. The summed E-state index contributed by atoms with van der Waals surface area (Å²) in [6, 6.07) is 5.65. The molecule has 1 heterocycles. The average molecular weight is 333 g/mol. The lowest BCUT2D eigenvalue weighted by Crippen LogP contribution is -2.40. The van der Waals surface area contributed by atoms with E-state index in [0.29, 0.717) is 30.3 Å². The summed E-state index contributed by atoms with van der Waals surface area (Å²) in [6.45, 7) is 3.56. The summed E-state index contributed by atoms with van der Waals surface area (Å²) in [5.74, 6) is -0.472. The van der Waals surface area contributed by atoms with Crippen molar-refractivity contribution in [2.45, 2.75) is 39.3 Å². The third-order valence-electron chi connectivity index (χ3n) is 3.24. The molecular weight excluding hydrogens is 314 g/mol. The normalized spacial score (nSPS) is 11.8. The number of benzene rings is 1. The number of hydrogen-bond donors (Lipinski definition) is 2. The quantitative estimate of drug-likeness (QED) is 0.758. The molecule has 8 nitrogen and oxygen atoms in total. The van der Waals surface area contributed by atoms with Crippen LogP contribution in [0.4, 0.5) is 0 Å². The minimum Gasteiger partial charge on any atom is -0.485 e. The average Bonchev–Trinajstić information content (AvgIpc) is 2.98. The lowest BCUT2D eigenvalue weighted by molar-refractivity contribution is -0.139. The van der Waals surface area contributed by atoms with Crippen molar-refractivity contribution in [1.29, 1.82) is 0 Å². The number of hydrogen-bond acceptors (Lipinski definition) is 6. The van der Waals surface area contributed by atoms with Gasteiger partial charge in [-0.05, 0) is 18.6 Å². The molecule has 0 aliphatic rings. The Balaban J connectivity index is 2.09. The second-order valence-electron chi connectivity index (χ2n) is 5.17. The number of nitrogens with one attached hydrogen (secondary N) is 1. The first-order valence-electron chi connectivity index (χ1n) is 7.56. The first-order chi connectivity index (χ1) is 11.5. The van der Waals surface area contributed by atoms with E-state index >= 15 is 0 Å². The maximum atomic E-state index is 12.4. The Hall–Kier alpha value is -2.90. The van der Waals surface area contributed by atoms with Crippen LogP contribution in [0.25, 0.3) is 0 Å². The zero-order chi connectivity index (χ0) is 17.5. The molecule has 8 heteroatoms. The van der Waals surface area contributed by atoms with Gasteiger partial charge in [-0.25, -0.2) is 4.79 Å². The van der Waals surface area contributed by atoms with Gasteiger partial charge in [-0.2, -0.15) is 4.98 Å². The van der Waals surface area contributed by atoms with Gasteiger partial charge < -0.3 is 19.7 Å². The van der Waals surface area contributed by atoms with Crippen LogP contribution in [0.5, 0.6) is 5.75 Å². The first-order valence-corrected chi connectivity index (χ1v) is 7.56. The SMILES string of the molecule is CCCC(NC(=O)c1ccccc1OCc1noc(C)n1)C(=O)O. The van der Waals surface area contributed by atoms with E-state index < -0.39 is 17.9 Å². The number of ether oxygens (including phenoxy) is 1. The maximum Gasteiger partial charge on any atom is 0.326 e.